The van der Waals surface area contributed by atoms with Gasteiger partial charge in [0.25, 0.3) is 0 Å². The second-order valence-electron chi connectivity index (χ2n) is 6.28. The molecule has 0 N–H and O–H groups in total. The van der Waals surface area contributed by atoms with E-state index >= 15 is 0 Å². The molecule has 0 spiro atoms. The number of nitrogens with zero attached hydrogens (tertiary/aromatic N) is 2. The highest BCUT2D eigenvalue weighted by Gasteiger charge is 2.22. The number of thiazole rings is 1. The van der Waals surface area contributed by atoms with Crippen LogP contribution < -0.4 is 0 Å². The summed E-state index contributed by atoms with van der Waals surface area (Å²) in [5.41, 5.74) is 2.00. The van der Waals surface area contributed by atoms with Crippen LogP contribution in [-0.2, 0) is 16.0 Å². The lowest BCUT2D eigenvalue weighted by atomic mass is 10.2. The van der Waals surface area contributed by atoms with Crippen molar-refractivity contribution in [1.29, 1.82) is 0 Å². The fraction of sp³-hybridized carbons (Fsp3) is 0.400. The lowest BCUT2D eigenvalue weighted by Crippen LogP contribution is -2.38. The molecule has 1 aromatic heterocycles. The van der Waals surface area contributed by atoms with Crippen LogP contribution in [0.15, 0.2) is 41.8 Å². The van der Waals surface area contributed by atoms with Gasteiger partial charge in [0.1, 0.15) is 0 Å². The predicted octanol–water partition coefficient (Wildman–Crippen LogP) is 3.72. The van der Waals surface area contributed by atoms with Crippen molar-refractivity contribution in [2.45, 2.75) is 32.3 Å². The first kappa shape index (κ1) is 17.8. The molecule has 1 saturated heterocycles. The highest BCUT2D eigenvalue weighted by atomic mass is 32.1. The third kappa shape index (κ3) is 5.51. The molecule has 2 aromatic rings. The van der Waals surface area contributed by atoms with E-state index < -0.39 is 0 Å². The summed E-state index contributed by atoms with van der Waals surface area (Å²) in [5.74, 6) is 0.110. The van der Waals surface area contributed by atoms with Crippen LogP contribution in [0.5, 0.6) is 0 Å². The minimum absolute atomic E-state index is 0.110. The third-order valence-electron chi connectivity index (χ3n) is 4.24. The standard InChI is InChI=1S/C20H24N2O2S/c1-16-21-18(15-25-16)13-20(23)22(14-19-10-6-12-24-19)11-5-9-17-7-3-2-4-8-17/h2-5,7-9,15,19H,6,10-14H2,1H3/b9-5+. The van der Waals surface area contributed by atoms with Gasteiger partial charge in [0.05, 0.1) is 23.2 Å². The molecule has 3 rings (SSSR count). The van der Waals surface area contributed by atoms with Crippen molar-refractivity contribution in [2.24, 2.45) is 0 Å². The van der Waals surface area contributed by atoms with Crippen LogP contribution in [0.4, 0.5) is 0 Å². The second kappa shape index (κ2) is 8.92. The van der Waals surface area contributed by atoms with Crippen molar-refractivity contribution in [2.75, 3.05) is 19.7 Å². The number of hydrogen-bond donors (Lipinski definition) is 0. The summed E-state index contributed by atoms with van der Waals surface area (Å²) < 4.78 is 5.72. The first-order chi connectivity index (χ1) is 12.2. The quantitative estimate of drug-likeness (QED) is 0.759. The van der Waals surface area contributed by atoms with Gasteiger partial charge in [-0.15, -0.1) is 11.3 Å². The average molecular weight is 356 g/mol. The van der Waals surface area contributed by atoms with Gasteiger partial charge in [-0.25, -0.2) is 4.98 Å². The highest BCUT2D eigenvalue weighted by Crippen LogP contribution is 2.15. The van der Waals surface area contributed by atoms with Gasteiger partial charge >= 0.3 is 0 Å². The van der Waals surface area contributed by atoms with Crippen LogP contribution in [0.3, 0.4) is 0 Å². The molecule has 0 aliphatic carbocycles. The second-order valence-corrected chi connectivity index (χ2v) is 7.34. The van der Waals surface area contributed by atoms with E-state index in [1.807, 2.05) is 35.4 Å². The third-order valence-corrected chi connectivity index (χ3v) is 5.06. The van der Waals surface area contributed by atoms with Gasteiger partial charge < -0.3 is 9.64 Å². The Morgan fingerprint density at radius 2 is 2.24 bits per heavy atom. The summed E-state index contributed by atoms with van der Waals surface area (Å²) in [6, 6.07) is 10.1. The van der Waals surface area contributed by atoms with Gasteiger partial charge in [0.2, 0.25) is 5.91 Å². The maximum absolute atomic E-state index is 12.8. The summed E-state index contributed by atoms with van der Waals surface area (Å²) in [5, 5.41) is 2.97. The van der Waals surface area contributed by atoms with E-state index in [0.29, 0.717) is 19.5 Å². The van der Waals surface area contributed by atoms with E-state index in [4.69, 9.17) is 4.74 Å². The molecule has 25 heavy (non-hydrogen) atoms. The Bertz CT molecular complexity index is 705. The molecule has 0 bridgehead atoms. The Morgan fingerprint density at radius 1 is 1.40 bits per heavy atom. The van der Waals surface area contributed by atoms with Crippen LogP contribution in [0.25, 0.3) is 6.08 Å². The van der Waals surface area contributed by atoms with E-state index in [9.17, 15) is 4.79 Å². The van der Waals surface area contributed by atoms with E-state index in [2.05, 4.69) is 29.3 Å². The molecule has 132 valence electrons. The Labute approximate surface area is 153 Å². The molecule has 1 unspecified atom stereocenters. The van der Waals surface area contributed by atoms with Gasteiger partial charge in [-0.2, -0.15) is 0 Å². The molecule has 5 heteroatoms. The number of ether oxygens (including phenoxy) is 1. The van der Waals surface area contributed by atoms with Crippen molar-refractivity contribution in [3.63, 3.8) is 0 Å². The summed E-state index contributed by atoms with van der Waals surface area (Å²) in [6.07, 6.45) is 6.74. The normalized spacial score (nSPS) is 17.2. The van der Waals surface area contributed by atoms with Crippen LogP contribution >= 0.6 is 11.3 Å². The monoisotopic (exact) mass is 356 g/mol. The minimum Gasteiger partial charge on any atom is -0.376 e. The van der Waals surface area contributed by atoms with E-state index in [-0.39, 0.29) is 12.0 Å². The fourth-order valence-corrected chi connectivity index (χ4v) is 3.56. The van der Waals surface area contributed by atoms with E-state index in [0.717, 1.165) is 35.7 Å². The maximum atomic E-state index is 12.8. The predicted molar refractivity (Wildman–Crippen MR) is 102 cm³/mol. The van der Waals surface area contributed by atoms with Crippen LogP contribution in [-0.4, -0.2) is 41.6 Å². The van der Waals surface area contributed by atoms with Crippen molar-refractivity contribution in [3.05, 3.63) is 58.1 Å². The first-order valence-corrected chi connectivity index (χ1v) is 9.60. The van der Waals surface area contributed by atoms with Gasteiger partial charge in [0.15, 0.2) is 0 Å². The fourth-order valence-electron chi connectivity index (χ4n) is 2.95. The number of hydrogen-bond acceptors (Lipinski definition) is 4. The molecule has 4 nitrogen and oxygen atoms in total. The van der Waals surface area contributed by atoms with Gasteiger partial charge in [-0.05, 0) is 25.3 Å². The number of rotatable bonds is 7. The summed E-state index contributed by atoms with van der Waals surface area (Å²) >= 11 is 1.59. The highest BCUT2D eigenvalue weighted by molar-refractivity contribution is 7.09. The Balaban J connectivity index is 1.63. The lowest BCUT2D eigenvalue weighted by Gasteiger charge is -2.24. The van der Waals surface area contributed by atoms with E-state index in [1.54, 1.807) is 11.3 Å². The van der Waals surface area contributed by atoms with Crippen LogP contribution in [0, 0.1) is 6.92 Å². The van der Waals surface area contributed by atoms with Gasteiger partial charge in [-0.1, -0.05) is 42.5 Å². The largest absolute Gasteiger partial charge is 0.376 e. The molecule has 1 fully saturated rings. The number of carbonyl (C=O) groups excluding carboxylic acids is 1. The average Bonchev–Trinajstić information content (AvgIpc) is 3.26. The van der Waals surface area contributed by atoms with Crippen LogP contribution in [0.1, 0.15) is 29.1 Å². The molecule has 1 amide bonds. The molecule has 2 heterocycles. The molecule has 1 aliphatic heterocycles. The Hall–Kier alpha value is -1.98. The van der Waals surface area contributed by atoms with Gasteiger partial charge in [0, 0.05) is 25.1 Å². The smallest absolute Gasteiger partial charge is 0.228 e. The minimum atomic E-state index is 0.110. The number of benzene rings is 1. The molecule has 0 saturated carbocycles. The number of aromatic nitrogens is 1. The summed E-state index contributed by atoms with van der Waals surface area (Å²) in [4.78, 5) is 19.1. The zero-order valence-electron chi connectivity index (χ0n) is 14.6. The topological polar surface area (TPSA) is 42.4 Å². The number of carbonyl (C=O) groups is 1. The summed E-state index contributed by atoms with van der Waals surface area (Å²) in [6.45, 7) is 4.01. The van der Waals surface area contributed by atoms with E-state index in [1.165, 1.54) is 0 Å². The Morgan fingerprint density at radius 3 is 2.92 bits per heavy atom. The lowest BCUT2D eigenvalue weighted by molar-refractivity contribution is -0.131. The molecule has 1 aromatic carbocycles. The Kier molecular flexibility index (Phi) is 6.36. The zero-order valence-corrected chi connectivity index (χ0v) is 15.4. The van der Waals surface area contributed by atoms with Crippen molar-refractivity contribution in [3.8, 4) is 0 Å². The zero-order chi connectivity index (χ0) is 17.5. The summed E-state index contributed by atoms with van der Waals surface area (Å²) in [7, 11) is 0. The van der Waals surface area contributed by atoms with Crippen molar-refractivity contribution < 1.29 is 9.53 Å². The van der Waals surface area contributed by atoms with Crippen molar-refractivity contribution in [1.82, 2.24) is 9.88 Å². The number of aryl methyl sites for hydroxylation is 1. The molecular weight excluding hydrogens is 332 g/mol. The van der Waals surface area contributed by atoms with Crippen LogP contribution in [0.2, 0.25) is 0 Å². The van der Waals surface area contributed by atoms with Crippen molar-refractivity contribution >= 4 is 23.3 Å². The van der Waals surface area contributed by atoms with Gasteiger partial charge in [-0.3, -0.25) is 4.79 Å². The SMILES string of the molecule is Cc1nc(CC(=O)N(C/C=C/c2ccccc2)CC2CCCO2)cs1. The molecule has 0 radical (unpaired) electrons. The first-order valence-electron chi connectivity index (χ1n) is 8.72. The number of amides is 1. The maximum Gasteiger partial charge on any atom is 0.228 e. The molecule has 1 atom stereocenters. The molecular formula is C20H24N2O2S. The molecule has 1 aliphatic rings.